The molecule has 0 atom stereocenters. The van der Waals surface area contributed by atoms with E-state index < -0.39 is 0 Å². The highest BCUT2D eigenvalue weighted by Crippen LogP contribution is 2.12. The monoisotopic (exact) mass is 155 g/mol. The van der Waals surface area contributed by atoms with Gasteiger partial charge in [0.1, 0.15) is 11.6 Å². The van der Waals surface area contributed by atoms with Crippen LogP contribution in [-0.2, 0) is 0 Å². The summed E-state index contributed by atoms with van der Waals surface area (Å²) in [5.41, 5.74) is 5.76. The number of anilines is 1. The number of hydrogen-bond donors (Lipinski definition) is 3. The molecule has 0 spiro atoms. The molecule has 4 heteroatoms. The number of nitrogens with two attached hydrogens (primary N) is 1. The Balaban J connectivity index is 0.000000461. The fourth-order valence-corrected chi connectivity index (χ4v) is 0.526. The van der Waals surface area contributed by atoms with Crippen LogP contribution < -0.4 is 5.73 Å². The van der Waals surface area contributed by atoms with E-state index in [0.29, 0.717) is 11.4 Å². The van der Waals surface area contributed by atoms with Crippen LogP contribution >= 0.6 is 0 Å². The highest BCUT2D eigenvalue weighted by molar-refractivity contribution is 5.64. The standard InChI is InChI=1S/C5H7N3O.C2H6/c1-3(9)4-2-7-8-5(4)6;1-2/h2,9H,1H2,(H3,6,7,8);1-2H3. The highest BCUT2D eigenvalue weighted by Gasteiger charge is 2.01. The van der Waals surface area contributed by atoms with Crippen molar-refractivity contribution in [3.05, 3.63) is 18.3 Å². The van der Waals surface area contributed by atoms with Gasteiger partial charge in [0.2, 0.25) is 0 Å². The Morgan fingerprint density at radius 1 is 1.73 bits per heavy atom. The third-order valence-electron chi connectivity index (χ3n) is 0.980. The fraction of sp³-hybridized carbons (Fsp3) is 0.286. The van der Waals surface area contributed by atoms with Crippen molar-refractivity contribution >= 4 is 11.6 Å². The summed E-state index contributed by atoms with van der Waals surface area (Å²) < 4.78 is 0. The predicted molar refractivity (Wildman–Crippen MR) is 46.0 cm³/mol. The molecule has 0 fully saturated rings. The number of aromatic amines is 1. The third kappa shape index (κ3) is 2.33. The smallest absolute Gasteiger partial charge is 0.129 e. The summed E-state index contributed by atoms with van der Waals surface area (Å²) in [7, 11) is 0. The largest absolute Gasteiger partial charge is 0.508 e. The first kappa shape index (κ1) is 9.55. The van der Waals surface area contributed by atoms with Gasteiger partial charge in [-0.05, 0) is 0 Å². The Kier molecular flexibility index (Phi) is 3.80. The minimum atomic E-state index is -0.0683. The van der Waals surface area contributed by atoms with E-state index in [4.69, 9.17) is 10.8 Å². The maximum Gasteiger partial charge on any atom is 0.129 e. The minimum Gasteiger partial charge on any atom is -0.508 e. The molecule has 11 heavy (non-hydrogen) atoms. The lowest BCUT2D eigenvalue weighted by atomic mass is 10.3. The molecule has 1 heterocycles. The first-order valence-electron chi connectivity index (χ1n) is 3.39. The van der Waals surface area contributed by atoms with Gasteiger partial charge in [0.25, 0.3) is 0 Å². The average molecular weight is 155 g/mol. The molecule has 0 saturated heterocycles. The summed E-state index contributed by atoms with van der Waals surface area (Å²) >= 11 is 0. The molecular formula is C7H13N3O. The Morgan fingerprint density at radius 2 is 2.27 bits per heavy atom. The van der Waals surface area contributed by atoms with E-state index in [2.05, 4.69) is 16.8 Å². The summed E-state index contributed by atoms with van der Waals surface area (Å²) in [4.78, 5) is 0. The van der Waals surface area contributed by atoms with E-state index in [1.54, 1.807) is 0 Å². The summed E-state index contributed by atoms with van der Waals surface area (Å²) in [5.74, 6) is 0.267. The van der Waals surface area contributed by atoms with Gasteiger partial charge in [0, 0.05) is 0 Å². The fourth-order valence-electron chi connectivity index (χ4n) is 0.526. The van der Waals surface area contributed by atoms with Crippen LogP contribution in [0.3, 0.4) is 0 Å². The van der Waals surface area contributed by atoms with Crippen LogP contribution in [0.4, 0.5) is 5.82 Å². The quantitative estimate of drug-likeness (QED) is 0.538. The summed E-state index contributed by atoms with van der Waals surface area (Å²) in [5, 5.41) is 14.8. The van der Waals surface area contributed by atoms with E-state index in [1.807, 2.05) is 13.8 Å². The second-order valence-electron chi connectivity index (χ2n) is 1.64. The normalized spacial score (nSPS) is 8.18. The maximum atomic E-state index is 8.76. The van der Waals surface area contributed by atoms with E-state index >= 15 is 0 Å². The number of rotatable bonds is 1. The van der Waals surface area contributed by atoms with Crippen molar-refractivity contribution in [2.24, 2.45) is 0 Å². The number of hydrogen-bond acceptors (Lipinski definition) is 3. The number of aliphatic hydroxyl groups is 1. The Morgan fingerprint density at radius 3 is 2.45 bits per heavy atom. The first-order chi connectivity index (χ1) is 5.22. The van der Waals surface area contributed by atoms with Gasteiger partial charge in [0.15, 0.2) is 0 Å². The molecule has 4 N–H and O–H groups in total. The van der Waals surface area contributed by atoms with Crippen LogP contribution in [0.15, 0.2) is 12.8 Å². The van der Waals surface area contributed by atoms with Crippen molar-refractivity contribution < 1.29 is 5.11 Å². The van der Waals surface area contributed by atoms with Crippen molar-refractivity contribution in [1.29, 1.82) is 0 Å². The molecule has 4 nitrogen and oxygen atoms in total. The zero-order valence-electron chi connectivity index (χ0n) is 6.76. The van der Waals surface area contributed by atoms with Gasteiger partial charge in [-0.1, -0.05) is 20.4 Å². The van der Waals surface area contributed by atoms with Crippen molar-refractivity contribution in [3.8, 4) is 0 Å². The number of nitrogens with zero attached hydrogens (tertiary/aromatic N) is 1. The molecule has 0 aromatic carbocycles. The zero-order chi connectivity index (χ0) is 8.85. The highest BCUT2D eigenvalue weighted by atomic mass is 16.3. The molecule has 0 radical (unpaired) electrons. The van der Waals surface area contributed by atoms with E-state index in [9.17, 15) is 0 Å². The van der Waals surface area contributed by atoms with Gasteiger partial charge in [0.05, 0.1) is 11.8 Å². The predicted octanol–water partition coefficient (Wildman–Crippen LogP) is 1.55. The Hall–Kier alpha value is -1.45. The second kappa shape index (κ2) is 4.38. The molecule has 0 amide bonds. The minimum absolute atomic E-state index is 0.0683. The summed E-state index contributed by atoms with van der Waals surface area (Å²) in [6, 6.07) is 0. The lowest BCUT2D eigenvalue weighted by molar-refractivity contribution is 0.514. The maximum absolute atomic E-state index is 8.76. The summed E-state index contributed by atoms with van der Waals surface area (Å²) in [6.07, 6.45) is 1.41. The number of aromatic nitrogens is 2. The molecule has 1 aromatic heterocycles. The van der Waals surface area contributed by atoms with Crippen LogP contribution in [0.2, 0.25) is 0 Å². The first-order valence-corrected chi connectivity index (χ1v) is 3.39. The van der Waals surface area contributed by atoms with Crippen LogP contribution in [-0.4, -0.2) is 15.3 Å². The molecule has 0 unspecified atom stereocenters. The molecule has 62 valence electrons. The van der Waals surface area contributed by atoms with Crippen LogP contribution in [0, 0.1) is 0 Å². The molecule has 0 aliphatic carbocycles. The number of nitrogen functional groups attached to an aromatic ring is 1. The number of H-pyrrole nitrogens is 1. The van der Waals surface area contributed by atoms with Gasteiger partial charge >= 0.3 is 0 Å². The molecule has 0 bridgehead atoms. The van der Waals surface area contributed by atoms with Gasteiger partial charge < -0.3 is 10.8 Å². The lowest BCUT2D eigenvalue weighted by Gasteiger charge is -1.91. The summed E-state index contributed by atoms with van der Waals surface area (Å²) in [6.45, 7) is 7.27. The van der Waals surface area contributed by atoms with Gasteiger partial charge in [-0.2, -0.15) is 5.10 Å². The van der Waals surface area contributed by atoms with Gasteiger partial charge in [-0.25, -0.2) is 0 Å². The lowest BCUT2D eigenvalue weighted by Crippen LogP contribution is -1.88. The van der Waals surface area contributed by atoms with E-state index in [1.165, 1.54) is 6.20 Å². The van der Waals surface area contributed by atoms with Crippen molar-refractivity contribution in [2.45, 2.75) is 13.8 Å². The van der Waals surface area contributed by atoms with E-state index in [-0.39, 0.29) is 5.76 Å². The molecule has 0 saturated carbocycles. The zero-order valence-corrected chi connectivity index (χ0v) is 6.76. The second-order valence-corrected chi connectivity index (χ2v) is 1.64. The molecule has 0 aliphatic heterocycles. The van der Waals surface area contributed by atoms with Gasteiger partial charge in [-0.3, -0.25) is 5.10 Å². The van der Waals surface area contributed by atoms with Crippen molar-refractivity contribution in [2.75, 3.05) is 5.73 Å². The van der Waals surface area contributed by atoms with E-state index in [0.717, 1.165) is 0 Å². The SMILES string of the molecule is C=C(O)c1cn[nH]c1N.CC. The van der Waals surface area contributed by atoms with Crippen LogP contribution in [0.1, 0.15) is 19.4 Å². The number of aliphatic hydroxyl groups excluding tert-OH is 1. The third-order valence-corrected chi connectivity index (χ3v) is 0.980. The Labute approximate surface area is 65.7 Å². The molecule has 1 rings (SSSR count). The molecular weight excluding hydrogens is 142 g/mol. The average Bonchev–Trinajstić information content (AvgIpc) is 2.39. The van der Waals surface area contributed by atoms with Gasteiger partial charge in [-0.15, -0.1) is 0 Å². The topological polar surface area (TPSA) is 74.9 Å². The van der Waals surface area contributed by atoms with Crippen LogP contribution in [0.25, 0.3) is 5.76 Å². The Bertz CT molecular complexity index is 229. The van der Waals surface area contributed by atoms with Crippen molar-refractivity contribution in [3.63, 3.8) is 0 Å². The number of nitrogens with one attached hydrogen (secondary N) is 1. The van der Waals surface area contributed by atoms with Crippen molar-refractivity contribution in [1.82, 2.24) is 10.2 Å². The molecule has 0 aliphatic rings. The van der Waals surface area contributed by atoms with Crippen LogP contribution in [0.5, 0.6) is 0 Å². The molecule has 1 aromatic rings.